The Bertz CT molecular complexity index is 486. The third-order valence-electron chi connectivity index (χ3n) is 4.19. The van der Waals surface area contributed by atoms with Gasteiger partial charge in [-0.15, -0.1) is 11.3 Å². The Morgan fingerprint density at radius 2 is 2.26 bits per heavy atom. The molecule has 2 heterocycles. The van der Waals surface area contributed by atoms with Gasteiger partial charge in [-0.1, -0.05) is 13.8 Å². The molecule has 1 aliphatic rings. The van der Waals surface area contributed by atoms with E-state index in [1.165, 1.54) is 11.3 Å². The summed E-state index contributed by atoms with van der Waals surface area (Å²) in [5, 5.41) is 5.79. The zero-order valence-corrected chi connectivity index (χ0v) is 14.4. The van der Waals surface area contributed by atoms with E-state index < -0.39 is 6.43 Å². The lowest BCUT2D eigenvalue weighted by Gasteiger charge is -2.41. The maximum absolute atomic E-state index is 12.6. The fraction of sp³-hybridized carbons (Fsp3) is 0.733. The van der Waals surface area contributed by atoms with E-state index in [9.17, 15) is 13.6 Å². The molecule has 23 heavy (non-hydrogen) atoms. The van der Waals surface area contributed by atoms with E-state index in [0.29, 0.717) is 19.6 Å². The van der Waals surface area contributed by atoms with Crippen molar-refractivity contribution in [1.29, 1.82) is 0 Å². The van der Waals surface area contributed by atoms with Gasteiger partial charge in [0.2, 0.25) is 0 Å². The normalized spacial score (nSPS) is 20.7. The van der Waals surface area contributed by atoms with Gasteiger partial charge >= 0.3 is 6.03 Å². The highest BCUT2D eigenvalue weighted by Gasteiger charge is 2.30. The Morgan fingerprint density at radius 3 is 2.83 bits per heavy atom. The van der Waals surface area contributed by atoms with Crippen molar-refractivity contribution in [3.8, 4) is 0 Å². The van der Waals surface area contributed by atoms with Crippen LogP contribution in [0.4, 0.5) is 13.6 Å². The van der Waals surface area contributed by atoms with Crippen LogP contribution in [-0.4, -0.2) is 59.5 Å². The molecule has 1 aromatic rings. The number of piperazine rings is 1. The van der Waals surface area contributed by atoms with Gasteiger partial charge in [0.15, 0.2) is 0 Å². The molecule has 1 saturated heterocycles. The van der Waals surface area contributed by atoms with Gasteiger partial charge in [0.25, 0.3) is 6.43 Å². The first kappa shape index (κ1) is 18.1. The molecule has 1 aliphatic heterocycles. The zero-order valence-electron chi connectivity index (χ0n) is 13.5. The predicted octanol–water partition coefficient (Wildman–Crippen LogP) is 2.97. The Labute approximate surface area is 139 Å². The average molecular weight is 346 g/mol. The molecule has 0 aromatic carbocycles. The number of carbonyl (C=O) groups is 1. The number of amides is 2. The minimum absolute atomic E-state index is 0.0107. The summed E-state index contributed by atoms with van der Waals surface area (Å²) < 4.78 is 25.2. The maximum atomic E-state index is 12.6. The summed E-state index contributed by atoms with van der Waals surface area (Å²) in [6.45, 7) is 5.21. The number of halogens is 2. The summed E-state index contributed by atoms with van der Waals surface area (Å²) in [5.74, 6) is 0. The van der Waals surface area contributed by atoms with Gasteiger partial charge in [-0.25, -0.2) is 18.6 Å². The van der Waals surface area contributed by atoms with Crippen LogP contribution < -0.4 is 5.32 Å². The van der Waals surface area contributed by atoms with Gasteiger partial charge in [-0.05, 0) is 12.8 Å². The average Bonchev–Trinajstić information content (AvgIpc) is 3.06. The largest absolute Gasteiger partial charge is 0.329 e. The van der Waals surface area contributed by atoms with Crippen molar-refractivity contribution in [3.05, 3.63) is 16.6 Å². The molecule has 1 aromatic heterocycles. The molecule has 0 saturated carbocycles. The highest BCUT2D eigenvalue weighted by molar-refractivity contribution is 7.09. The van der Waals surface area contributed by atoms with Crippen molar-refractivity contribution in [2.45, 2.75) is 45.2 Å². The van der Waals surface area contributed by atoms with Gasteiger partial charge in [-0.2, -0.15) is 0 Å². The number of nitrogens with one attached hydrogen (secondary N) is 1. The van der Waals surface area contributed by atoms with E-state index in [2.05, 4.69) is 10.3 Å². The number of hydrogen-bond acceptors (Lipinski definition) is 4. The first-order valence-electron chi connectivity index (χ1n) is 8.02. The molecular weight excluding hydrogens is 322 g/mol. The van der Waals surface area contributed by atoms with Crippen LogP contribution in [0.1, 0.15) is 37.7 Å². The molecule has 0 radical (unpaired) electrons. The molecule has 2 atom stereocenters. The number of nitrogens with zero attached hydrogens (tertiary/aromatic N) is 3. The molecule has 130 valence electrons. The first-order chi connectivity index (χ1) is 11.0. The SMILES string of the molecule is CCC(NC(=O)N1CCN(CC(F)F)C(CC)C1)c1nccs1. The lowest BCUT2D eigenvalue weighted by atomic mass is 10.1. The first-order valence-corrected chi connectivity index (χ1v) is 8.90. The van der Waals surface area contributed by atoms with Crippen molar-refractivity contribution >= 4 is 17.4 Å². The van der Waals surface area contributed by atoms with Crippen molar-refractivity contribution < 1.29 is 13.6 Å². The minimum Gasteiger partial charge on any atom is -0.329 e. The highest BCUT2D eigenvalue weighted by atomic mass is 32.1. The highest BCUT2D eigenvalue weighted by Crippen LogP contribution is 2.20. The fourth-order valence-corrected chi connectivity index (χ4v) is 3.64. The van der Waals surface area contributed by atoms with Gasteiger partial charge in [0.05, 0.1) is 12.6 Å². The van der Waals surface area contributed by atoms with Gasteiger partial charge in [-0.3, -0.25) is 4.90 Å². The predicted molar refractivity (Wildman–Crippen MR) is 86.9 cm³/mol. The van der Waals surface area contributed by atoms with Crippen LogP contribution in [0.15, 0.2) is 11.6 Å². The Hall–Kier alpha value is -1.28. The summed E-state index contributed by atoms with van der Waals surface area (Å²) in [6.07, 6.45) is 0.909. The van der Waals surface area contributed by atoms with Gasteiger partial charge in [0, 0.05) is 37.3 Å². The van der Waals surface area contributed by atoms with Crippen molar-refractivity contribution in [2.24, 2.45) is 0 Å². The molecule has 2 unspecified atom stereocenters. The maximum Gasteiger partial charge on any atom is 0.318 e. The summed E-state index contributed by atoms with van der Waals surface area (Å²) in [6, 6.07) is -0.243. The number of carbonyl (C=O) groups excluding carboxylic acids is 1. The Morgan fingerprint density at radius 1 is 1.48 bits per heavy atom. The molecule has 0 aliphatic carbocycles. The molecule has 2 amide bonds. The Balaban J connectivity index is 1.92. The second kappa shape index (κ2) is 8.54. The van der Waals surface area contributed by atoms with Crippen LogP contribution in [-0.2, 0) is 0 Å². The number of rotatable bonds is 6. The van der Waals surface area contributed by atoms with Crippen LogP contribution in [0.2, 0.25) is 0 Å². The van der Waals surface area contributed by atoms with E-state index in [-0.39, 0.29) is 24.7 Å². The zero-order chi connectivity index (χ0) is 16.8. The summed E-state index contributed by atoms with van der Waals surface area (Å²) in [7, 11) is 0. The van der Waals surface area contributed by atoms with Gasteiger partial charge in [0.1, 0.15) is 5.01 Å². The molecule has 0 bridgehead atoms. The van der Waals surface area contributed by atoms with Crippen LogP contribution >= 0.6 is 11.3 Å². The summed E-state index contributed by atoms with van der Waals surface area (Å²) in [4.78, 5) is 20.2. The number of urea groups is 1. The number of alkyl halides is 2. The molecular formula is C15H24F2N4OS. The lowest BCUT2D eigenvalue weighted by molar-refractivity contribution is 0.0287. The van der Waals surface area contributed by atoms with Crippen molar-refractivity contribution in [3.63, 3.8) is 0 Å². The molecule has 1 fully saturated rings. The van der Waals surface area contributed by atoms with Crippen LogP contribution in [0.3, 0.4) is 0 Å². The Kier molecular flexibility index (Phi) is 6.71. The number of hydrogen-bond donors (Lipinski definition) is 1. The van der Waals surface area contributed by atoms with Crippen LogP contribution in [0.25, 0.3) is 0 Å². The quantitative estimate of drug-likeness (QED) is 0.861. The fourth-order valence-electron chi connectivity index (χ4n) is 2.87. The van der Waals surface area contributed by atoms with Crippen LogP contribution in [0.5, 0.6) is 0 Å². The molecule has 0 spiro atoms. The van der Waals surface area contributed by atoms with Gasteiger partial charge < -0.3 is 10.2 Å². The third-order valence-corrected chi connectivity index (χ3v) is 5.08. The molecule has 5 nitrogen and oxygen atoms in total. The van der Waals surface area contributed by atoms with E-state index in [4.69, 9.17) is 0 Å². The molecule has 8 heteroatoms. The van der Waals surface area contributed by atoms with Crippen molar-refractivity contribution in [1.82, 2.24) is 20.1 Å². The summed E-state index contributed by atoms with van der Waals surface area (Å²) >= 11 is 1.52. The smallest absolute Gasteiger partial charge is 0.318 e. The lowest BCUT2D eigenvalue weighted by Crippen LogP contribution is -2.57. The number of aromatic nitrogens is 1. The third kappa shape index (κ3) is 4.84. The second-order valence-electron chi connectivity index (χ2n) is 5.67. The number of thiazole rings is 1. The topological polar surface area (TPSA) is 48.5 Å². The van der Waals surface area contributed by atoms with Crippen LogP contribution in [0, 0.1) is 0 Å². The van der Waals surface area contributed by atoms with E-state index in [1.54, 1.807) is 16.0 Å². The van der Waals surface area contributed by atoms with E-state index >= 15 is 0 Å². The molecule has 1 N–H and O–H groups in total. The minimum atomic E-state index is -2.33. The molecule has 2 rings (SSSR count). The van der Waals surface area contributed by atoms with E-state index in [0.717, 1.165) is 17.8 Å². The van der Waals surface area contributed by atoms with Crippen molar-refractivity contribution in [2.75, 3.05) is 26.2 Å². The monoisotopic (exact) mass is 346 g/mol. The summed E-state index contributed by atoms with van der Waals surface area (Å²) in [5.41, 5.74) is 0. The standard InChI is InChI=1S/C15H24F2N4OS/c1-3-11-9-21(7-6-20(11)10-13(16)17)15(22)19-12(4-2)14-18-5-8-23-14/h5,8,11-13H,3-4,6-7,9-10H2,1-2H3,(H,19,22). The second-order valence-corrected chi connectivity index (χ2v) is 6.60. The van der Waals surface area contributed by atoms with E-state index in [1.807, 2.05) is 19.2 Å².